The van der Waals surface area contributed by atoms with Gasteiger partial charge >= 0.3 is 0 Å². The van der Waals surface area contributed by atoms with Crippen molar-refractivity contribution in [2.75, 3.05) is 4.72 Å². The second-order valence-electron chi connectivity index (χ2n) is 7.63. The van der Waals surface area contributed by atoms with Gasteiger partial charge in [0, 0.05) is 48.2 Å². The molecule has 0 amide bonds. The summed E-state index contributed by atoms with van der Waals surface area (Å²) in [6.45, 7) is 0. The van der Waals surface area contributed by atoms with Crippen LogP contribution in [-0.4, -0.2) is 33.2 Å². The molecule has 37 heavy (non-hydrogen) atoms. The summed E-state index contributed by atoms with van der Waals surface area (Å²) in [5, 5.41) is 15.8. The summed E-state index contributed by atoms with van der Waals surface area (Å²) in [4.78, 5) is 12.0. The molecular weight excluding hydrogens is 517 g/mol. The van der Waals surface area contributed by atoms with Gasteiger partial charge in [-0.2, -0.15) is 14.8 Å². The lowest BCUT2D eigenvalue weighted by Crippen LogP contribution is -2.13. The van der Waals surface area contributed by atoms with Crippen LogP contribution in [0.5, 0.6) is 11.5 Å². The lowest BCUT2D eigenvalue weighted by molar-refractivity contribution is 0.480. The molecule has 0 spiro atoms. The predicted molar refractivity (Wildman–Crippen MR) is 134 cm³/mol. The van der Waals surface area contributed by atoms with Crippen LogP contribution in [0.1, 0.15) is 5.56 Å². The monoisotopic (exact) mass is 533 g/mol. The van der Waals surface area contributed by atoms with E-state index in [1.54, 1.807) is 47.7 Å². The van der Waals surface area contributed by atoms with Crippen molar-refractivity contribution in [3.8, 4) is 40.1 Å². The van der Waals surface area contributed by atoms with Crippen molar-refractivity contribution in [3.05, 3.63) is 84.1 Å². The Kier molecular flexibility index (Phi) is 6.34. The molecule has 0 saturated heterocycles. The van der Waals surface area contributed by atoms with Gasteiger partial charge in [0.05, 0.1) is 22.3 Å². The molecule has 1 N–H and O–H groups in total. The van der Waals surface area contributed by atoms with Crippen LogP contribution in [0.3, 0.4) is 0 Å². The van der Waals surface area contributed by atoms with Gasteiger partial charge in [-0.1, -0.05) is 0 Å². The number of sulfonamides is 1. The second kappa shape index (κ2) is 9.76. The summed E-state index contributed by atoms with van der Waals surface area (Å²) in [6.07, 6.45) is 6.15. The number of thiazole rings is 1. The smallest absolute Gasteiger partial charge is 0.263 e. The maximum Gasteiger partial charge on any atom is 0.263 e. The van der Waals surface area contributed by atoms with Crippen LogP contribution in [0.25, 0.3) is 22.5 Å². The van der Waals surface area contributed by atoms with Crippen LogP contribution >= 0.6 is 11.3 Å². The van der Waals surface area contributed by atoms with E-state index in [2.05, 4.69) is 24.8 Å². The van der Waals surface area contributed by atoms with Crippen LogP contribution in [0.15, 0.2) is 77.5 Å². The normalized spacial score (nSPS) is 11.2. The van der Waals surface area contributed by atoms with Gasteiger partial charge < -0.3 is 4.74 Å². The van der Waals surface area contributed by atoms with E-state index in [4.69, 9.17) is 4.74 Å². The minimum atomic E-state index is -3.96. The molecule has 0 aliphatic rings. The number of nitrogens with zero attached hydrogens (tertiary/aromatic N) is 6. The lowest BCUT2D eigenvalue weighted by Gasteiger charge is -2.13. The zero-order valence-corrected chi connectivity index (χ0v) is 20.7. The van der Waals surface area contributed by atoms with E-state index in [1.807, 2.05) is 6.07 Å². The average molecular weight is 534 g/mol. The maximum atomic E-state index is 13.7. The van der Waals surface area contributed by atoms with Crippen LogP contribution in [-0.2, 0) is 17.1 Å². The standard InChI is InChI=1S/C24H16FN7O3S2/c1-32-14-17(13-29-32)23-21(5-3-19(30-23)15-6-7-27-22(25)11-15)35-20-4-2-18(10-16(20)12-26)37(33,34)31-24-28-8-9-36-24/h2-11,13-14H,1H3,(H,28,31). The zero-order chi connectivity index (χ0) is 26.0. The average Bonchev–Trinajstić information content (AvgIpc) is 3.55. The number of hydrogen-bond donors (Lipinski definition) is 1. The van der Waals surface area contributed by atoms with Gasteiger partial charge in [0.15, 0.2) is 10.9 Å². The molecule has 0 unspecified atom stereocenters. The second-order valence-corrected chi connectivity index (χ2v) is 10.2. The van der Waals surface area contributed by atoms with Gasteiger partial charge in [-0.3, -0.25) is 9.40 Å². The van der Waals surface area contributed by atoms with Crippen molar-refractivity contribution in [1.82, 2.24) is 24.7 Å². The number of aryl methyl sites for hydroxylation is 1. The zero-order valence-electron chi connectivity index (χ0n) is 19.0. The number of rotatable bonds is 7. The van der Waals surface area contributed by atoms with Crippen LogP contribution in [0.4, 0.5) is 9.52 Å². The highest BCUT2D eigenvalue weighted by Crippen LogP contribution is 2.36. The molecule has 4 aromatic heterocycles. The van der Waals surface area contributed by atoms with Crippen molar-refractivity contribution < 1.29 is 17.5 Å². The summed E-state index contributed by atoms with van der Waals surface area (Å²) in [7, 11) is -2.21. The van der Waals surface area contributed by atoms with Gasteiger partial charge in [0.2, 0.25) is 5.95 Å². The number of pyridine rings is 2. The first-order valence-electron chi connectivity index (χ1n) is 10.6. The van der Waals surface area contributed by atoms with Crippen LogP contribution in [0, 0.1) is 17.3 Å². The number of nitrogens with one attached hydrogen (secondary N) is 1. The largest absolute Gasteiger partial charge is 0.454 e. The van der Waals surface area contributed by atoms with Crippen molar-refractivity contribution >= 4 is 26.5 Å². The minimum Gasteiger partial charge on any atom is -0.454 e. The van der Waals surface area contributed by atoms with Gasteiger partial charge in [-0.15, -0.1) is 11.3 Å². The van der Waals surface area contributed by atoms with E-state index in [0.29, 0.717) is 28.3 Å². The molecule has 13 heteroatoms. The van der Waals surface area contributed by atoms with E-state index in [0.717, 1.165) is 11.3 Å². The molecule has 1 aromatic carbocycles. The fraction of sp³-hybridized carbons (Fsp3) is 0.0417. The van der Waals surface area contributed by atoms with E-state index in [9.17, 15) is 18.1 Å². The molecule has 0 atom stereocenters. The van der Waals surface area contributed by atoms with Gasteiger partial charge in [-0.05, 0) is 36.4 Å². The fourth-order valence-electron chi connectivity index (χ4n) is 3.42. The fourth-order valence-corrected chi connectivity index (χ4v) is 5.23. The van der Waals surface area contributed by atoms with Crippen LogP contribution in [0.2, 0.25) is 0 Å². The van der Waals surface area contributed by atoms with E-state index in [1.165, 1.54) is 36.7 Å². The molecule has 0 fully saturated rings. The Bertz CT molecular complexity index is 1750. The van der Waals surface area contributed by atoms with E-state index >= 15 is 0 Å². The van der Waals surface area contributed by atoms with Crippen molar-refractivity contribution in [3.63, 3.8) is 0 Å². The number of halogens is 1. The highest BCUT2D eigenvalue weighted by molar-refractivity contribution is 7.93. The lowest BCUT2D eigenvalue weighted by atomic mass is 10.1. The number of ether oxygens (including phenoxy) is 1. The molecule has 0 saturated carbocycles. The predicted octanol–water partition coefficient (Wildman–Crippen LogP) is 4.60. The Morgan fingerprint density at radius 1 is 1.08 bits per heavy atom. The molecular formula is C24H16FN7O3S2. The van der Waals surface area contributed by atoms with Crippen molar-refractivity contribution in [2.24, 2.45) is 7.05 Å². The summed E-state index contributed by atoms with van der Waals surface area (Å²) in [5.41, 5.74) is 2.01. The molecule has 184 valence electrons. The number of anilines is 1. The molecule has 0 aliphatic carbocycles. The Balaban J connectivity index is 1.52. The number of hydrogen-bond acceptors (Lipinski definition) is 9. The SMILES string of the molecule is Cn1cc(-c2nc(-c3ccnc(F)c3)ccc2Oc2ccc(S(=O)(=O)Nc3nccs3)cc2C#N)cn1. The quantitative estimate of drug-likeness (QED) is 0.300. The Morgan fingerprint density at radius 2 is 1.92 bits per heavy atom. The summed E-state index contributed by atoms with van der Waals surface area (Å²) < 4.78 is 49.2. The third-order valence-electron chi connectivity index (χ3n) is 5.11. The highest BCUT2D eigenvalue weighted by atomic mass is 32.2. The molecule has 0 radical (unpaired) electrons. The van der Waals surface area contributed by atoms with Crippen molar-refractivity contribution in [2.45, 2.75) is 4.90 Å². The third kappa shape index (κ3) is 5.15. The van der Waals surface area contributed by atoms with Gasteiger partial charge in [0.1, 0.15) is 17.5 Å². The first-order valence-corrected chi connectivity index (χ1v) is 12.9. The minimum absolute atomic E-state index is 0.000526. The van der Waals surface area contributed by atoms with Gasteiger partial charge in [-0.25, -0.2) is 23.4 Å². The van der Waals surface area contributed by atoms with Crippen LogP contribution < -0.4 is 9.46 Å². The molecule has 0 bridgehead atoms. The molecule has 0 aliphatic heterocycles. The summed E-state index contributed by atoms with van der Waals surface area (Å²) >= 11 is 1.13. The highest BCUT2D eigenvalue weighted by Gasteiger charge is 2.20. The number of benzene rings is 1. The molecule has 4 heterocycles. The van der Waals surface area contributed by atoms with E-state index < -0.39 is 16.0 Å². The Labute approximate surface area is 214 Å². The molecule has 10 nitrogen and oxygen atoms in total. The van der Waals surface area contributed by atoms with Crippen molar-refractivity contribution in [1.29, 1.82) is 5.26 Å². The molecule has 5 aromatic rings. The Hall–Kier alpha value is -4.67. The number of aromatic nitrogens is 5. The number of nitriles is 1. The summed E-state index contributed by atoms with van der Waals surface area (Å²) in [5.74, 6) is -0.217. The molecule has 5 rings (SSSR count). The topological polar surface area (TPSA) is 136 Å². The first-order chi connectivity index (χ1) is 17.8. The maximum absolute atomic E-state index is 13.7. The summed E-state index contributed by atoms with van der Waals surface area (Å²) in [6, 6.07) is 12.1. The Morgan fingerprint density at radius 3 is 2.62 bits per heavy atom. The third-order valence-corrected chi connectivity index (χ3v) is 7.27. The van der Waals surface area contributed by atoms with E-state index in [-0.39, 0.29) is 21.3 Å². The first kappa shape index (κ1) is 24.0. The van der Waals surface area contributed by atoms with Gasteiger partial charge in [0.25, 0.3) is 10.0 Å².